The Kier molecular flexibility index (Phi) is 9.11. The number of aryl methyl sites for hydroxylation is 1. The van der Waals surface area contributed by atoms with Crippen LogP contribution in [0.3, 0.4) is 0 Å². The number of halogens is 1. The largest absolute Gasteiger partial charge is 0.492 e. The van der Waals surface area contributed by atoms with Crippen molar-refractivity contribution in [2.45, 2.75) is 19.9 Å². The highest BCUT2D eigenvalue weighted by atomic mass is 127. The summed E-state index contributed by atoms with van der Waals surface area (Å²) in [5, 5.41) is 10.3. The first kappa shape index (κ1) is 19.3. The maximum Gasteiger partial charge on any atom is 0.191 e. The molecular weight excluding hydrogens is 407 g/mol. The molecule has 1 aromatic heterocycles. The first-order valence-corrected chi connectivity index (χ1v) is 7.38. The van der Waals surface area contributed by atoms with Crippen LogP contribution in [0.1, 0.15) is 18.4 Å². The van der Waals surface area contributed by atoms with Crippen molar-refractivity contribution in [1.29, 1.82) is 0 Å². The summed E-state index contributed by atoms with van der Waals surface area (Å²) >= 11 is 0. The molecule has 23 heavy (non-hydrogen) atoms. The van der Waals surface area contributed by atoms with Crippen LogP contribution in [0.15, 0.2) is 45.9 Å². The third-order valence-corrected chi connectivity index (χ3v) is 3.03. The average Bonchev–Trinajstić information content (AvgIpc) is 3.03. The van der Waals surface area contributed by atoms with E-state index < -0.39 is 0 Å². The van der Waals surface area contributed by atoms with Crippen LogP contribution in [0.4, 0.5) is 0 Å². The zero-order chi connectivity index (χ0) is 15.6. The lowest BCUT2D eigenvalue weighted by Gasteiger charge is -2.11. The second-order valence-corrected chi connectivity index (χ2v) is 4.65. The quantitative estimate of drug-likeness (QED) is 0.306. The molecule has 1 heterocycles. The van der Waals surface area contributed by atoms with E-state index in [2.05, 4.69) is 20.8 Å². The van der Waals surface area contributed by atoms with Crippen molar-refractivity contribution in [2.24, 2.45) is 4.99 Å². The standard InChI is InChI=1S/C16H22N4O2.HI/c1-3-13-11-15(22-20-13)12-19-16(17-2)18-9-10-21-14-7-5-4-6-8-14;/h4-8,11H,3,9-10,12H2,1-2H3,(H2,17,18,19);1H. The summed E-state index contributed by atoms with van der Waals surface area (Å²) in [7, 11) is 1.73. The SMILES string of the molecule is CCc1cc(CNC(=NC)NCCOc2ccccc2)on1.I. The van der Waals surface area contributed by atoms with Crippen molar-refractivity contribution in [3.05, 3.63) is 47.9 Å². The number of para-hydroxylation sites is 1. The highest BCUT2D eigenvalue weighted by molar-refractivity contribution is 14.0. The van der Waals surface area contributed by atoms with Crippen molar-refractivity contribution in [2.75, 3.05) is 20.2 Å². The van der Waals surface area contributed by atoms with Crippen molar-refractivity contribution in [1.82, 2.24) is 15.8 Å². The number of aromatic nitrogens is 1. The van der Waals surface area contributed by atoms with Gasteiger partial charge in [0.25, 0.3) is 0 Å². The molecule has 0 radical (unpaired) electrons. The summed E-state index contributed by atoms with van der Waals surface area (Å²) in [6.07, 6.45) is 0.868. The first-order valence-electron chi connectivity index (χ1n) is 7.38. The van der Waals surface area contributed by atoms with E-state index in [9.17, 15) is 0 Å². The van der Waals surface area contributed by atoms with Crippen LogP contribution < -0.4 is 15.4 Å². The van der Waals surface area contributed by atoms with E-state index in [1.165, 1.54) is 0 Å². The number of hydrogen-bond acceptors (Lipinski definition) is 4. The fourth-order valence-electron chi connectivity index (χ4n) is 1.85. The smallest absolute Gasteiger partial charge is 0.191 e. The van der Waals surface area contributed by atoms with Gasteiger partial charge in [0.2, 0.25) is 0 Å². The molecular formula is C16H23IN4O2. The molecule has 7 heteroatoms. The Balaban J connectivity index is 0.00000264. The molecule has 0 amide bonds. The van der Waals surface area contributed by atoms with E-state index >= 15 is 0 Å². The predicted molar refractivity (Wildman–Crippen MR) is 101 cm³/mol. The van der Waals surface area contributed by atoms with Crippen LogP contribution in [0, 0.1) is 0 Å². The highest BCUT2D eigenvalue weighted by Gasteiger charge is 2.04. The monoisotopic (exact) mass is 430 g/mol. The lowest BCUT2D eigenvalue weighted by atomic mass is 10.3. The molecule has 2 N–H and O–H groups in total. The Morgan fingerprint density at radius 3 is 2.70 bits per heavy atom. The van der Waals surface area contributed by atoms with Gasteiger partial charge in [-0.15, -0.1) is 24.0 Å². The molecule has 0 aliphatic rings. The van der Waals surface area contributed by atoms with Crippen LogP contribution in [0.2, 0.25) is 0 Å². The fraction of sp³-hybridized carbons (Fsp3) is 0.375. The molecule has 0 aliphatic heterocycles. The van der Waals surface area contributed by atoms with Gasteiger partial charge in [-0.2, -0.15) is 0 Å². The first-order chi connectivity index (χ1) is 10.8. The van der Waals surface area contributed by atoms with Gasteiger partial charge in [-0.05, 0) is 18.6 Å². The van der Waals surface area contributed by atoms with Gasteiger partial charge in [0, 0.05) is 13.1 Å². The summed E-state index contributed by atoms with van der Waals surface area (Å²) in [5.41, 5.74) is 0.955. The van der Waals surface area contributed by atoms with Crippen LogP contribution in [0.5, 0.6) is 5.75 Å². The van der Waals surface area contributed by atoms with Gasteiger partial charge >= 0.3 is 0 Å². The Hall–Kier alpha value is -1.77. The van der Waals surface area contributed by atoms with Crippen LogP contribution >= 0.6 is 24.0 Å². The molecule has 2 aromatic rings. The number of nitrogens with one attached hydrogen (secondary N) is 2. The Morgan fingerprint density at radius 1 is 1.26 bits per heavy atom. The van der Waals surface area contributed by atoms with Gasteiger partial charge in [0.15, 0.2) is 11.7 Å². The van der Waals surface area contributed by atoms with Crippen LogP contribution in [-0.4, -0.2) is 31.3 Å². The molecule has 126 valence electrons. The topological polar surface area (TPSA) is 71.7 Å². The van der Waals surface area contributed by atoms with Gasteiger partial charge in [-0.3, -0.25) is 4.99 Å². The van der Waals surface area contributed by atoms with E-state index in [-0.39, 0.29) is 24.0 Å². The molecule has 6 nitrogen and oxygen atoms in total. The molecule has 0 aliphatic carbocycles. The van der Waals surface area contributed by atoms with E-state index in [0.29, 0.717) is 25.7 Å². The van der Waals surface area contributed by atoms with E-state index in [4.69, 9.17) is 9.26 Å². The number of guanidine groups is 1. The second-order valence-electron chi connectivity index (χ2n) is 4.65. The average molecular weight is 430 g/mol. The molecule has 0 bridgehead atoms. The maximum absolute atomic E-state index is 5.61. The fourth-order valence-corrected chi connectivity index (χ4v) is 1.85. The van der Waals surface area contributed by atoms with Crippen molar-refractivity contribution in [3.63, 3.8) is 0 Å². The molecule has 0 fully saturated rings. The minimum absolute atomic E-state index is 0. The highest BCUT2D eigenvalue weighted by Crippen LogP contribution is 2.07. The molecule has 2 rings (SSSR count). The lowest BCUT2D eigenvalue weighted by Crippen LogP contribution is -2.38. The number of nitrogens with zero attached hydrogens (tertiary/aromatic N) is 2. The van der Waals surface area contributed by atoms with Gasteiger partial charge in [-0.1, -0.05) is 30.3 Å². The Labute approximate surface area is 153 Å². The minimum atomic E-state index is 0. The molecule has 0 saturated heterocycles. The number of hydrogen-bond donors (Lipinski definition) is 2. The van der Waals surface area contributed by atoms with Gasteiger partial charge in [-0.25, -0.2) is 0 Å². The summed E-state index contributed by atoms with van der Waals surface area (Å²) < 4.78 is 10.8. The Bertz CT molecular complexity index is 587. The van der Waals surface area contributed by atoms with Gasteiger partial charge in [0.1, 0.15) is 12.4 Å². The van der Waals surface area contributed by atoms with Gasteiger partial charge < -0.3 is 19.9 Å². The summed E-state index contributed by atoms with van der Waals surface area (Å²) in [6.45, 7) is 3.81. The third-order valence-electron chi connectivity index (χ3n) is 3.03. The van der Waals surface area contributed by atoms with Crippen LogP contribution in [-0.2, 0) is 13.0 Å². The van der Waals surface area contributed by atoms with E-state index in [1.807, 2.05) is 43.3 Å². The lowest BCUT2D eigenvalue weighted by molar-refractivity contribution is 0.321. The number of benzene rings is 1. The van der Waals surface area contributed by atoms with E-state index in [1.54, 1.807) is 7.05 Å². The summed E-state index contributed by atoms with van der Waals surface area (Å²) in [5.74, 6) is 2.35. The molecule has 1 aromatic carbocycles. The van der Waals surface area contributed by atoms with Crippen molar-refractivity contribution in [3.8, 4) is 5.75 Å². The second kappa shape index (κ2) is 10.9. The molecule has 0 saturated carbocycles. The number of rotatable bonds is 7. The number of ether oxygens (including phenoxy) is 1. The van der Waals surface area contributed by atoms with Crippen molar-refractivity contribution < 1.29 is 9.26 Å². The molecule has 0 spiro atoms. The maximum atomic E-state index is 5.61. The summed E-state index contributed by atoms with van der Waals surface area (Å²) in [4.78, 5) is 4.15. The Morgan fingerprint density at radius 2 is 2.04 bits per heavy atom. The zero-order valence-electron chi connectivity index (χ0n) is 13.4. The van der Waals surface area contributed by atoms with Gasteiger partial charge in [0.05, 0.1) is 18.8 Å². The number of aliphatic imine (C=N–C) groups is 1. The molecule has 0 atom stereocenters. The summed E-state index contributed by atoms with van der Waals surface area (Å²) in [6, 6.07) is 11.7. The third kappa shape index (κ3) is 6.89. The van der Waals surface area contributed by atoms with Crippen molar-refractivity contribution >= 4 is 29.9 Å². The normalized spacial score (nSPS) is 10.8. The predicted octanol–water partition coefficient (Wildman–Crippen LogP) is 2.60. The van der Waals surface area contributed by atoms with E-state index in [0.717, 1.165) is 23.6 Å². The minimum Gasteiger partial charge on any atom is -0.492 e. The zero-order valence-corrected chi connectivity index (χ0v) is 15.7. The molecule has 0 unspecified atom stereocenters. The van der Waals surface area contributed by atoms with Crippen LogP contribution in [0.25, 0.3) is 0 Å².